The van der Waals surface area contributed by atoms with Crippen LogP contribution in [0.4, 0.5) is 4.39 Å². The Kier molecular flexibility index (Phi) is 5.84. The van der Waals surface area contributed by atoms with Gasteiger partial charge >= 0.3 is 0 Å². The van der Waals surface area contributed by atoms with Gasteiger partial charge in [-0.05, 0) is 6.07 Å². The highest BCUT2D eigenvalue weighted by Gasteiger charge is 2.20. The number of amides is 2. The maximum Gasteiger partial charge on any atom is 0.273 e. The molecule has 0 fully saturated rings. The molecule has 0 saturated heterocycles. The van der Waals surface area contributed by atoms with E-state index in [-0.39, 0.29) is 24.0 Å². The zero-order valence-electron chi connectivity index (χ0n) is 14.5. The van der Waals surface area contributed by atoms with E-state index in [0.29, 0.717) is 18.7 Å². The smallest absolute Gasteiger partial charge is 0.273 e. The third kappa shape index (κ3) is 5.37. The van der Waals surface area contributed by atoms with Crippen molar-refractivity contribution < 1.29 is 14.0 Å². The first kappa shape index (κ1) is 18.6. The highest BCUT2D eigenvalue weighted by atomic mass is 19.1. The first-order valence-electron chi connectivity index (χ1n) is 7.97. The Bertz CT molecular complexity index is 751. The summed E-state index contributed by atoms with van der Waals surface area (Å²) in [7, 11) is 0. The van der Waals surface area contributed by atoms with Gasteiger partial charge in [-0.15, -0.1) is 5.10 Å². The molecule has 0 saturated carbocycles. The molecule has 0 aliphatic heterocycles. The van der Waals surface area contributed by atoms with Crippen LogP contribution in [0.25, 0.3) is 0 Å². The predicted octanol–water partition coefficient (Wildman–Crippen LogP) is 1.51. The molecule has 7 nitrogen and oxygen atoms in total. The summed E-state index contributed by atoms with van der Waals surface area (Å²) in [6.07, 6.45) is 1.49. The van der Waals surface area contributed by atoms with Crippen LogP contribution in [0.3, 0.4) is 0 Å². The topological polar surface area (TPSA) is 88.9 Å². The minimum Gasteiger partial charge on any atom is -0.354 e. The number of hydrogen-bond donors (Lipinski definition) is 2. The Morgan fingerprint density at radius 3 is 2.60 bits per heavy atom. The van der Waals surface area contributed by atoms with Crippen molar-refractivity contribution in [1.82, 2.24) is 25.6 Å². The van der Waals surface area contributed by atoms with Crippen LogP contribution in [-0.4, -0.2) is 33.4 Å². The van der Waals surface area contributed by atoms with Crippen molar-refractivity contribution in [2.24, 2.45) is 5.41 Å². The van der Waals surface area contributed by atoms with E-state index >= 15 is 0 Å². The fourth-order valence-corrected chi connectivity index (χ4v) is 1.97. The molecule has 8 heteroatoms. The number of benzene rings is 1. The molecule has 25 heavy (non-hydrogen) atoms. The van der Waals surface area contributed by atoms with Gasteiger partial charge in [-0.2, -0.15) is 0 Å². The van der Waals surface area contributed by atoms with E-state index in [1.165, 1.54) is 16.9 Å². The second-order valence-electron chi connectivity index (χ2n) is 6.65. The SMILES string of the molecule is CC(C)(C)C(=O)NCCn1cc(C(=O)NCc2ccccc2F)nn1. The lowest BCUT2D eigenvalue weighted by Gasteiger charge is -2.17. The summed E-state index contributed by atoms with van der Waals surface area (Å²) in [6, 6.07) is 6.23. The molecule has 0 aliphatic rings. The molecule has 2 N–H and O–H groups in total. The molecule has 134 valence electrons. The van der Waals surface area contributed by atoms with Crippen LogP contribution in [0, 0.1) is 11.2 Å². The number of hydrogen-bond acceptors (Lipinski definition) is 4. The molecule has 2 rings (SSSR count). The standard InChI is InChI=1S/C17H22FN5O2/c1-17(2,3)16(25)19-8-9-23-11-14(21-22-23)15(24)20-10-12-6-4-5-7-13(12)18/h4-7,11H,8-10H2,1-3H3,(H,19,25)(H,20,24). The molecule has 2 amide bonds. The molecule has 2 aromatic rings. The van der Waals surface area contributed by atoms with Gasteiger partial charge in [-0.25, -0.2) is 9.07 Å². The number of nitrogens with zero attached hydrogens (tertiary/aromatic N) is 3. The number of nitrogens with one attached hydrogen (secondary N) is 2. The molecular formula is C17H22FN5O2. The van der Waals surface area contributed by atoms with Gasteiger partial charge in [0.25, 0.3) is 5.91 Å². The lowest BCUT2D eigenvalue weighted by Crippen LogP contribution is -2.36. The normalized spacial score (nSPS) is 11.2. The van der Waals surface area contributed by atoms with Gasteiger partial charge < -0.3 is 10.6 Å². The maximum absolute atomic E-state index is 13.5. The number of halogens is 1. The van der Waals surface area contributed by atoms with Crippen LogP contribution in [-0.2, 0) is 17.9 Å². The minimum atomic E-state index is -0.458. The molecular weight excluding hydrogens is 325 g/mol. The van der Waals surface area contributed by atoms with E-state index in [1.54, 1.807) is 18.2 Å². The highest BCUT2D eigenvalue weighted by Crippen LogP contribution is 2.12. The van der Waals surface area contributed by atoms with Crippen molar-refractivity contribution in [2.45, 2.75) is 33.9 Å². The maximum atomic E-state index is 13.5. The van der Waals surface area contributed by atoms with E-state index in [1.807, 2.05) is 20.8 Å². The number of carbonyl (C=O) groups excluding carboxylic acids is 2. The number of carbonyl (C=O) groups is 2. The molecule has 0 aliphatic carbocycles. The van der Waals surface area contributed by atoms with Crippen molar-refractivity contribution in [3.8, 4) is 0 Å². The Morgan fingerprint density at radius 2 is 1.92 bits per heavy atom. The summed E-state index contributed by atoms with van der Waals surface area (Å²) < 4.78 is 15.0. The molecule has 1 heterocycles. The number of aromatic nitrogens is 3. The molecule has 0 spiro atoms. The Labute approximate surface area is 145 Å². The summed E-state index contributed by atoms with van der Waals surface area (Å²) >= 11 is 0. The van der Waals surface area contributed by atoms with Crippen molar-refractivity contribution in [1.29, 1.82) is 0 Å². The molecule has 0 radical (unpaired) electrons. The fraction of sp³-hybridized carbons (Fsp3) is 0.412. The molecule has 1 aromatic heterocycles. The monoisotopic (exact) mass is 347 g/mol. The molecule has 0 bridgehead atoms. The van der Waals surface area contributed by atoms with Gasteiger partial charge in [0, 0.05) is 24.1 Å². The van der Waals surface area contributed by atoms with Crippen molar-refractivity contribution in [3.05, 3.63) is 47.5 Å². The zero-order valence-corrected chi connectivity index (χ0v) is 14.5. The third-order valence-electron chi connectivity index (χ3n) is 3.48. The number of rotatable bonds is 6. The van der Waals surface area contributed by atoms with Crippen LogP contribution < -0.4 is 10.6 Å². The van der Waals surface area contributed by atoms with E-state index in [0.717, 1.165) is 0 Å². The average Bonchev–Trinajstić information content (AvgIpc) is 3.02. The Balaban J connectivity index is 1.83. The summed E-state index contributed by atoms with van der Waals surface area (Å²) in [4.78, 5) is 23.8. The lowest BCUT2D eigenvalue weighted by molar-refractivity contribution is -0.128. The largest absolute Gasteiger partial charge is 0.354 e. The Morgan fingerprint density at radius 1 is 1.20 bits per heavy atom. The quantitative estimate of drug-likeness (QED) is 0.829. The van der Waals surface area contributed by atoms with Crippen molar-refractivity contribution in [3.63, 3.8) is 0 Å². The summed E-state index contributed by atoms with van der Waals surface area (Å²) in [5.41, 5.74) is 0.0757. The zero-order chi connectivity index (χ0) is 18.4. The molecule has 0 atom stereocenters. The van der Waals surface area contributed by atoms with Gasteiger partial charge in [-0.1, -0.05) is 44.2 Å². The van der Waals surface area contributed by atoms with Gasteiger partial charge in [0.1, 0.15) is 5.82 Å². The van der Waals surface area contributed by atoms with E-state index in [4.69, 9.17) is 0 Å². The Hall–Kier alpha value is -2.77. The molecule has 0 unspecified atom stereocenters. The second kappa shape index (κ2) is 7.87. The van der Waals surface area contributed by atoms with Gasteiger partial charge in [0.2, 0.25) is 5.91 Å². The second-order valence-corrected chi connectivity index (χ2v) is 6.65. The van der Waals surface area contributed by atoms with Crippen LogP contribution in [0.2, 0.25) is 0 Å². The van der Waals surface area contributed by atoms with Crippen LogP contribution in [0.5, 0.6) is 0 Å². The van der Waals surface area contributed by atoms with Crippen LogP contribution in [0.1, 0.15) is 36.8 Å². The summed E-state index contributed by atoms with van der Waals surface area (Å²) in [5, 5.41) is 13.0. The summed E-state index contributed by atoms with van der Waals surface area (Å²) in [6.45, 7) is 6.34. The highest BCUT2D eigenvalue weighted by molar-refractivity contribution is 5.91. The van der Waals surface area contributed by atoms with E-state index in [2.05, 4.69) is 20.9 Å². The van der Waals surface area contributed by atoms with Crippen molar-refractivity contribution >= 4 is 11.8 Å². The first-order valence-corrected chi connectivity index (χ1v) is 7.97. The third-order valence-corrected chi connectivity index (χ3v) is 3.48. The average molecular weight is 347 g/mol. The summed E-state index contributed by atoms with van der Waals surface area (Å²) in [5.74, 6) is -0.871. The molecule has 1 aromatic carbocycles. The van der Waals surface area contributed by atoms with Crippen LogP contribution in [0.15, 0.2) is 30.5 Å². The van der Waals surface area contributed by atoms with E-state index in [9.17, 15) is 14.0 Å². The minimum absolute atomic E-state index is 0.0598. The van der Waals surface area contributed by atoms with Crippen molar-refractivity contribution in [2.75, 3.05) is 6.54 Å². The fourth-order valence-electron chi connectivity index (χ4n) is 1.97. The van der Waals surface area contributed by atoms with Crippen LogP contribution >= 0.6 is 0 Å². The van der Waals surface area contributed by atoms with E-state index < -0.39 is 11.3 Å². The lowest BCUT2D eigenvalue weighted by atomic mass is 9.96. The van der Waals surface area contributed by atoms with Gasteiger partial charge in [0.05, 0.1) is 12.7 Å². The first-order chi connectivity index (χ1) is 11.8. The van der Waals surface area contributed by atoms with Gasteiger partial charge in [0.15, 0.2) is 5.69 Å². The van der Waals surface area contributed by atoms with Gasteiger partial charge in [-0.3, -0.25) is 9.59 Å². The predicted molar refractivity (Wildman–Crippen MR) is 90.1 cm³/mol.